The van der Waals surface area contributed by atoms with Crippen LogP contribution in [-0.4, -0.2) is 59.5 Å². The Bertz CT molecular complexity index is 397. The first-order valence-corrected chi connectivity index (χ1v) is 9.07. The molecule has 132 valence electrons. The minimum Gasteiger partial charge on any atom is -0.483 e. The van der Waals surface area contributed by atoms with Crippen LogP contribution < -0.4 is 0 Å². The third kappa shape index (κ3) is 4.93. The second-order valence-electron chi connectivity index (χ2n) is 8.01. The second-order valence-corrected chi connectivity index (χ2v) is 8.01. The Balaban J connectivity index is 0.000000595. The maximum atomic E-state index is 12.4. The highest BCUT2D eigenvalue weighted by Crippen LogP contribution is 2.40. The number of carboxylic acid groups (broad SMARTS) is 1. The van der Waals surface area contributed by atoms with Crippen molar-refractivity contribution in [2.75, 3.05) is 26.2 Å². The molecule has 5 heteroatoms. The van der Waals surface area contributed by atoms with Crippen LogP contribution in [0.2, 0.25) is 0 Å². The van der Waals surface area contributed by atoms with Gasteiger partial charge < -0.3 is 14.9 Å². The summed E-state index contributed by atoms with van der Waals surface area (Å²) in [6, 6.07) is 0.785. The molecule has 0 aromatic carbocycles. The van der Waals surface area contributed by atoms with Gasteiger partial charge >= 0.3 is 0 Å². The van der Waals surface area contributed by atoms with E-state index < -0.39 is 0 Å². The smallest absolute Gasteiger partial charge is 0.290 e. The average molecular weight is 324 g/mol. The molecule has 0 aromatic heterocycles. The molecule has 2 aliphatic heterocycles. The molecule has 3 rings (SSSR count). The lowest BCUT2D eigenvalue weighted by Gasteiger charge is -2.37. The molecule has 0 radical (unpaired) electrons. The molecule has 1 aliphatic carbocycles. The van der Waals surface area contributed by atoms with Crippen LogP contribution in [0.15, 0.2) is 0 Å². The van der Waals surface area contributed by atoms with Crippen LogP contribution in [0.4, 0.5) is 0 Å². The van der Waals surface area contributed by atoms with Gasteiger partial charge in [-0.2, -0.15) is 0 Å². The van der Waals surface area contributed by atoms with E-state index in [1.807, 2.05) is 0 Å². The van der Waals surface area contributed by atoms with Crippen molar-refractivity contribution in [3.05, 3.63) is 0 Å². The number of likely N-dealkylation sites (tertiary alicyclic amines) is 2. The Labute approximate surface area is 140 Å². The molecule has 0 spiro atoms. The lowest BCUT2D eigenvalue weighted by molar-refractivity contribution is -0.136. The van der Waals surface area contributed by atoms with Gasteiger partial charge in [-0.15, -0.1) is 0 Å². The Morgan fingerprint density at radius 1 is 1.09 bits per heavy atom. The van der Waals surface area contributed by atoms with Gasteiger partial charge in [0.1, 0.15) is 0 Å². The van der Waals surface area contributed by atoms with Gasteiger partial charge in [0.2, 0.25) is 5.91 Å². The molecule has 1 atom stereocenters. The summed E-state index contributed by atoms with van der Waals surface area (Å²) in [5.41, 5.74) is 0.535. The fourth-order valence-corrected chi connectivity index (χ4v) is 4.42. The predicted octanol–water partition coefficient (Wildman–Crippen LogP) is 2.60. The summed E-state index contributed by atoms with van der Waals surface area (Å²) in [5.74, 6) is 0.771. The molecular weight excluding hydrogens is 292 g/mol. The van der Waals surface area contributed by atoms with E-state index in [1.54, 1.807) is 0 Å². The molecule has 1 amide bonds. The molecule has 2 saturated heterocycles. The number of nitrogens with zero attached hydrogens (tertiary/aromatic N) is 2. The van der Waals surface area contributed by atoms with Crippen molar-refractivity contribution in [2.45, 2.75) is 64.8 Å². The molecule has 0 bridgehead atoms. The average Bonchev–Trinajstić information content (AvgIpc) is 3.17. The second kappa shape index (κ2) is 8.13. The lowest BCUT2D eigenvalue weighted by Crippen LogP contribution is -2.44. The fraction of sp³-hybridized carbons (Fsp3) is 0.889. The van der Waals surface area contributed by atoms with Crippen LogP contribution in [0.1, 0.15) is 58.8 Å². The van der Waals surface area contributed by atoms with Crippen LogP contribution in [0, 0.1) is 11.3 Å². The first-order chi connectivity index (χ1) is 11.0. The molecular formula is C18H32N2O3. The minimum atomic E-state index is -0.250. The van der Waals surface area contributed by atoms with Gasteiger partial charge in [-0.25, -0.2) is 0 Å². The molecule has 3 aliphatic rings. The number of amides is 1. The molecule has 3 fully saturated rings. The number of carbonyl (C=O) groups is 2. The molecule has 1 unspecified atom stereocenters. The van der Waals surface area contributed by atoms with Gasteiger partial charge in [0.05, 0.1) is 0 Å². The Morgan fingerprint density at radius 2 is 1.65 bits per heavy atom. The third-order valence-corrected chi connectivity index (χ3v) is 5.76. The van der Waals surface area contributed by atoms with Gasteiger partial charge in [0.25, 0.3) is 6.47 Å². The van der Waals surface area contributed by atoms with E-state index in [0.717, 1.165) is 45.1 Å². The monoisotopic (exact) mass is 324 g/mol. The van der Waals surface area contributed by atoms with E-state index >= 15 is 0 Å². The van der Waals surface area contributed by atoms with Crippen LogP contribution in [0.25, 0.3) is 0 Å². The summed E-state index contributed by atoms with van der Waals surface area (Å²) < 4.78 is 0. The fourth-order valence-electron chi connectivity index (χ4n) is 4.42. The predicted molar refractivity (Wildman–Crippen MR) is 90.2 cm³/mol. The van der Waals surface area contributed by atoms with Crippen molar-refractivity contribution in [3.63, 3.8) is 0 Å². The van der Waals surface area contributed by atoms with E-state index in [9.17, 15) is 4.79 Å². The first kappa shape index (κ1) is 18.2. The van der Waals surface area contributed by atoms with Gasteiger partial charge in [-0.1, -0.05) is 13.8 Å². The SMILES string of the molecule is CC1(C)CCC(N2CCC(C(=O)N3CCCC3)CC2)C1.O=CO. The zero-order chi connectivity index (χ0) is 16.9. The Kier molecular flexibility index (Phi) is 6.45. The first-order valence-electron chi connectivity index (χ1n) is 9.07. The molecule has 0 aromatic rings. The quantitative estimate of drug-likeness (QED) is 0.793. The summed E-state index contributed by atoms with van der Waals surface area (Å²) >= 11 is 0. The molecule has 5 nitrogen and oxygen atoms in total. The normalized spacial score (nSPS) is 28.3. The van der Waals surface area contributed by atoms with E-state index in [0.29, 0.717) is 17.2 Å². The molecule has 2 heterocycles. The standard InChI is InChI=1S/C17H30N2O.CH2O2/c1-17(2)8-5-15(13-17)18-11-6-14(7-12-18)16(20)19-9-3-4-10-19;2-1-3/h14-15H,3-13H2,1-2H3;1H,(H,2,3). The highest BCUT2D eigenvalue weighted by Gasteiger charge is 2.37. The van der Waals surface area contributed by atoms with E-state index in [1.165, 1.54) is 32.1 Å². The topological polar surface area (TPSA) is 60.9 Å². The summed E-state index contributed by atoms with van der Waals surface area (Å²) in [6.07, 6.45) is 8.67. The van der Waals surface area contributed by atoms with Crippen LogP contribution in [-0.2, 0) is 9.59 Å². The number of rotatable bonds is 2. The molecule has 1 saturated carbocycles. The number of hydrogen-bond donors (Lipinski definition) is 1. The summed E-state index contributed by atoms with van der Waals surface area (Å²) in [4.78, 5) is 25.6. The number of hydrogen-bond acceptors (Lipinski definition) is 3. The minimum absolute atomic E-state index is 0.250. The Hall–Kier alpha value is -1.10. The van der Waals surface area contributed by atoms with Crippen molar-refractivity contribution in [3.8, 4) is 0 Å². The van der Waals surface area contributed by atoms with Crippen LogP contribution >= 0.6 is 0 Å². The Morgan fingerprint density at radius 3 is 2.13 bits per heavy atom. The maximum Gasteiger partial charge on any atom is 0.290 e. The largest absolute Gasteiger partial charge is 0.483 e. The summed E-state index contributed by atoms with van der Waals surface area (Å²) in [6.45, 7) is 8.86. The summed E-state index contributed by atoms with van der Waals surface area (Å²) in [7, 11) is 0. The van der Waals surface area contributed by atoms with Gasteiger partial charge in [0, 0.05) is 25.0 Å². The molecule has 23 heavy (non-hydrogen) atoms. The van der Waals surface area contributed by atoms with Crippen LogP contribution in [0.3, 0.4) is 0 Å². The zero-order valence-corrected chi connectivity index (χ0v) is 14.7. The van der Waals surface area contributed by atoms with Crippen molar-refractivity contribution < 1.29 is 14.7 Å². The summed E-state index contributed by atoms with van der Waals surface area (Å²) in [5, 5.41) is 6.89. The van der Waals surface area contributed by atoms with E-state index in [4.69, 9.17) is 9.90 Å². The van der Waals surface area contributed by atoms with Crippen molar-refractivity contribution in [1.82, 2.24) is 9.80 Å². The van der Waals surface area contributed by atoms with Gasteiger partial charge in [-0.05, 0) is 63.5 Å². The van der Waals surface area contributed by atoms with Crippen molar-refractivity contribution in [1.29, 1.82) is 0 Å². The lowest BCUT2D eigenvalue weighted by atomic mass is 9.90. The maximum absolute atomic E-state index is 12.4. The highest BCUT2D eigenvalue weighted by molar-refractivity contribution is 5.79. The molecule has 1 N–H and O–H groups in total. The van der Waals surface area contributed by atoms with Crippen molar-refractivity contribution >= 4 is 12.4 Å². The van der Waals surface area contributed by atoms with Gasteiger partial charge in [-0.3, -0.25) is 9.59 Å². The van der Waals surface area contributed by atoms with E-state index in [-0.39, 0.29) is 6.47 Å². The third-order valence-electron chi connectivity index (χ3n) is 5.76. The highest BCUT2D eigenvalue weighted by atomic mass is 16.3. The zero-order valence-electron chi connectivity index (χ0n) is 14.7. The van der Waals surface area contributed by atoms with Gasteiger partial charge in [0.15, 0.2) is 0 Å². The van der Waals surface area contributed by atoms with Crippen molar-refractivity contribution in [2.24, 2.45) is 11.3 Å². The number of piperidine rings is 1. The number of carbonyl (C=O) groups excluding carboxylic acids is 1. The van der Waals surface area contributed by atoms with E-state index in [2.05, 4.69) is 23.6 Å². The van der Waals surface area contributed by atoms with Crippen LogP contribution in [0.5, 0.6) is 0 Å².